The van der Waals surface area contributed by atoms with Gasteiger partial charge in [0.1, 0.15) is 29.8 Å². The molecule has 3 atom stereocenters. The van der Waals surface area contributed by atoms with Crippen LogP contribution in [-0.4, -0.2) is 42.9 Å². The Hall–Kier alpha value is -3.58. The molecule has 2 aliphatic heterocycles. The van der Waals surface area contributed by atoms with E-state index >= 15 is 0 Å². The molecule has 8 nitrogen and oxygen atoms in total. The molecule has 3 N–H and O–H groups in total. The Morgan fingerprint density at radius 1 is 1.40 bits per heavy atom. The molecule has 0 bridgehead atoms. The summed E-state index contributed by atoms with van der Waals surface area (Å²) >= 11 is 0. The number of fused-ring (bicyclic) bond motifs is 1. The maximum Gasteiger partial charge on any atom is 0.282 e. The predicted molar refractivity (Wildman–Crippen MR) is 102 cm³/mol. The highest BCUT2D eigenvalue weighted by atomic mass is 19.1. The molecule has 1 saturated heterocycles. The van der Waals surface area contributed by atoms with Gasteiger partial charge in [0, 0.05) is 17.4 Å². The summed E-state index contributed by atoms with van der Waals surface area (Å²) in [6.45, 7) is -0.801. The summed E-state index contributed by atoms with van der Waals surface area (Å²) in [4.78, 5) is 20.7. The molecule has 4 rings (SSSR count). The number of hydrogen-bond donors (Lipinski definition) is 2. The minimum absolute atomic E-state index is 0.0368. The number of halogens is 2. The fourth-order valence-electron chi connectivity index (χ4n) is 3.74. The Labute approximate surface area is 170 Å². The lowest BCUT2D eigenvalue weighted by molar-refractivity contribution is 0.0528. The zero-order valence-electron chi connectivity index (χ0n) is 15.6. The second-order valence-corrected chi connectivity index (χ2v) is 6.99. The first-order valence-corrected chi connectivity index (χ1v) is 9.10. The number of benzene rings is 1. The first-order chi connectivity index (χ1) is 14.5. The zero-order chi connectivity index (χ0) is 21.3. The van der Waals surface area contributed by atoms with E-state index in [9.17, 15) is 13.6 Å². The van der Waals surface area contributed by atoms with Crippen molar-refractivity contribution in [2.45, 2.75) is 11.6 Å². The largest absolute Gasteiger partial charge is 0.465 e. The molecule has 0 spiro atoms. The third kappa shape index (κ3) is 3.33. The number of carbonyl (C=O) groups excluding carboxylic acids is 1. The minimum atomic E-state index is -1.25. The number of pyridine rings is 1. The third-order valence-corrected chi connectivity index (χ3v) is 5.27. The van der Waals surface area contributed by atoms with E-state index in [2.05, 4.69) is 15.3 Å². The molecule has 3 unspecified atom stereocenters. The molecule has 1 aromatic heterocycles. The molecule has 1 amide bonds. The summed E-state index contributed by atoms with van der Waals surface area (Å²) in [7, 11) is 0. The van der Waals surface area contributed by atoms with Gasteiger partial charge in [-0.15, -0.1) is 0 Å². The Morgan fingerprint density at radius 3 is 2.93 bits per heavy atom. The Bertz CT molecular complexity index is 1050. The minimum Gasteiger partial charge on any atom is -0.465 e. The molecule has 0 aliphatic carbocycles. The van der Waals surface area contributed by atoms with Gasteiger partial charge < -0.3 is 20.5 Å². The topological polar surface area (TPSA) is 123 Å². The number of amidine groups is 1. The van der Waals surface area contributed by atoms with Crippen LogP contribution in [0.1, 0.15) is 21.6 Å². The van der Waals surface area contributed by atoms with Crippen LogP contribution in [0, 0.1) is 23.1 Å². The van der Waals surface area contributed by atoms with Gasteiger partial charge in [0.05, 0.1) is 30.8 Å². The SMILES string of the molecule is N#Cc1ccc(C(=O)Nc2ccc(F)c(C34COC(CF)C3COC(N)=N4)c2)nc1. The van der Waals surface area contributed by atoms with E-state index in [1.165, 1.54) is 36.5 Å². The number of aromatic nitrogens is 1. The first kappa shape index (κ1) is 19.7. The monoisotopic (exact) mass is 413 g/mol. The predicted octanol–water partition coefficient (Wildman–Crippen LogP) is 1.87. The molecule has 30 heavy (non-hydrogen) atoms. The van der Waals surface area contributed by atoms with Gasteiger partial charge in [-0.25, -0.2) is 18.8 Å². The Balaban J connectivity index is 1.67. The average Bonchev–Trinajstić information content (AvgIpc) is 3.13. The van der Waals surface area contributed by atoms with Crippen LogP contribution < -0.4 is 11.1 Å². The molecular formula is C20H17F2N5O3. The van der Waals surface area contributed by atoms with Crippen LogP contribution in [0.2, 0.25) is 0 Å². The number of alkyl halides is 1. The maximum absolute atomic E-state index is 14.8. The quantitative estimate of drug-likeness (QED) is 0.789. The van der Waals surface area contributed by atoms with E-state index < -0.39 is 36.0 Å². The standard InChI is InChI=1S/C20H17F2N5O3/c21-6-17-14-9-29-19(24)27-20(14,10-30-17)13-5-12(2-3-15(13)22)26-18(28)16-4-1-11(7-23)8-25-16/h1-5,8,14,17H,6,9-10H2,(H2,24,27)(H,26,28). The summed E-state index contributed by atoms with van der Waals surface area (Å²) < 4.78 is 39.0. The van der Waals surface area contributed by atoms with Crippen LogP contribution in [0.3, 0.4) is 0 Å². The zero-order valence-corrected chi connectivity index (χ0v) is 15.6. The van der Waals surface area contributed by atoms with E-state index in [-0.39, 0.29) is 30.5 Å². The van der Waals surface area contributed by atoms with Crippen LogP contribution in [0.25, 0.3) is 0 Å². The number of nitrogens with two attached hydrogens (primary N) is 1. The Morgan fingerprint density at radius 2 is 2.23 bits per heavy atom. The number of amides is 1. The van der Waals surface area contributed by atoms with Gasteiger partial charge >= 0.3 is 0 Å². The Kier molecular flexibility index (Phi) is 5.05. The average molecular weight is 413 g/mol. The molecule has 2 aliphatic rings. The maximum atomic E-state index is 14.8. The van der Waals surface area contributed by atoms with Gasteiger partial charge in [-0.05, 0) is 30.3 Å². The molecule has 1 fully saturated rings. The van der Waals surface area contributed by atoms with Gasteiger partial charge in [-0.2, -0.15) is 5.26 Å². The highest BCUT2D eigenvalue weighted by Gasteiger charge is 2.55. The van der Waals surface area contributed by atoms with Crippen molar-refractivity contribution in [3.05, 3.63) is 59.2 Å². The second kappa shape index (κ2) is 7.68. The van der Waals surface area contributed by atoms with Crippen LogP contribution in [0.15, 0.2) is 41.5 Å². The molecular weight excluding hydrogens is 396 g/mol. The normalized spacial score (nSPS) is 24.9. The number of ether oxygens (including phenoxy) is 2. The summed E-state index contributed by atoms with van der Waals surface area (Å²) in [6.07, 6.45) is 0.475. The highest BCUT2D eigenvalue weighted by Crippen LogP contribution is 2.46. The van der Waals surface area contributed by atoms with E-state index in [0.717, 1.165) is 0 Å². The lowest BCUT2D eigenvalue weighted by Crippen LogP contribution is -2.45. The van der Waals surface area contributed by atoms with Crippen LogP contribution >= 0.6 is 0 Å². The molecule has 3 heterocycles. The number of rotatable bonds is 4. The second-order valence-electron chi connectivity index (χ2n) is 6.99. The van der Waals surface area contributed by atoms with E-state index in [1.54, 1.807) is 0 Å². The van der Waals surface area contributed by atoms with E-state index in [0.29, 0.717) is 11.3 Å². The third-order valence-electron chi connectivity index (χ3n) is 5.27. The van der Waals surface area contributed by atoms with Gasteiger partial charge in [-0.3, -0.25) is 4.79 Å². The lowest BCUT2D eigenvalue weighted by atomic mass is 9.78. The molecule has 1 aromatic carbocycles. The molecule has 2 aromatic rings. The van der Waals surface area contributed by atoms with Crippen LogP contribution in [0.5, 0.6) is 0 Å². The van der Waals surface area contributed by atoms with Crippen molar-refractivity contribution in [2.24, 2.45) is 16.6 Å². The van der Waals surface area contributed by atoms with Crippen LogP contribution in [0.4, 0.5) is 14.5 Å². The van der Waals surface area contributed by atoms with Gasteiger partial charge in [0.25, 0.3) is 11.9 Å². The van der Waals surface area contributed by atoms with Gasteiger partial charge in [-0.1, -0.05) is 0 Å². The number of aliphatic imine (C=N–C) groups is 1. The van der Waals surface area contributed by atoms with Crippen molar-refractivity contribution in [1.82, 2.24) is 4.98 Å². The first-order valence-electron chi connectivity index (χ1n) is 9.10. The fourth-order valence-corrected chi connectivity index (χ4v) is 3.74. The highest BCUT2D eigenvalue weighted by molar-refractivity contribution is 6.02. The summed E-state index contributed by atoms with van der Waals surface area (Å²) in [5, 5.41) is 11.5. The van der Waals surface area contributed by atoms with E-state index in [1.807, 2.05) is 6.07 Å². The fraction of sp³-hybridized carbons (Fsp3) is 0.300. The number of hydrogen-bond acceptors (Lipinski definition) is 7. The summed E-state index contributed by atoms with van der Waals surface area (Å²) in [5.41, 5.74) is 5.29. The van der Waals surface area contributed by atoms with Gasteiger partial charge in [0.15, 0.2) is 0 Å². The summed E-state index contributed by atoms with van der Waals surface area (Å²) in [6, 6.07) is 8.66. The molecule has 154 valence electrons. The summed E-state index contributed by atoms with van der Waals surface area (Å²) in [5.74, 6) is -1.70. The molecule has 0 saturated carbocycles. The number of carbonyl (C=O) groups is 1. The molecule has 10 heteroatoms. The smallest absolute Gasteiger partial charge is 0.282 e. The van der Waals surface area contributed by atoms with E-state index in [4.69, 9.17) is 20.5 Å². The van der Waals surface area contributed by atoms with Crippen molar-refractivity contribution < 1.29 is 23.0 Å². The number of nitriles is 1. The number of anilines is 1. The van der Waals surface area contributed by atoms with Crippen molar-refractivity contribution in [3.63, 3.8) is 0 Å². The molecule has 0 radical (unpaired) electrons. The van der Waals surface area contributed by atoms with Crippen LogP contribution in [-0.2, 0) is 15.0 Å². The number of nitrogens with one attached hydrogen (secondary N) is 1. The van der Waals surface area contributed by atoms with Gasteiger partial charge in [0.2, 0.25) is 0 Å². The van der Waals surface area contributed by atoms with Crippen molar-refractivity contribution >= 4 is 17.6 Å². The lowest BCUT2D eigenvalue weighted by Gasteiger charge is -2.35. The number of nitrogens with zero attached hydrogens (tertiary/aromatic N) is 3. The van der Waals surface area contributed by atoms with Crippen molar-refractivity contribution in [1.29, 1.82) is 5.26 Å². The van der Waals surface area contributed by atoms with Crippen molar-refractivity contribution in [2.75, 3.05) is 25.2 Å². The van der Waals surface area contributed by atoms with Crippen molar-refractivity contribution in [3.8, 4) is 6.07 Å².